The minimum atomic E-state index is -0.360. The Bertz CT molecular complexity index is 1190. The Hall–Kier alpha value is -3.45. The molecule has 1 N–H and O–H groups in total. The third kappa shape index (κ3) is 5.42. The standard InChI is InChI=1S/C25H23FN4OS/c1-18-11-13-19(14-12-18)15-27-23(31)17-32-25-29-28-24(21-9-5-6-10-22(21)26)30(25)16-20-7-3-2-4-8-20/h2-14H,15-17H2,1H3,(H,27,31). The van der Waals surface area contributed by atoms with E-state index in [0.29, 0.717) is 29.6 Å². The van der Waals surface area contributed by atoms with E-state index in [1.54, 1.807) is 18.2 Å². The number of carbonyl (C=O) groups is 1. The number of halogens is 1. The number of benzene rings is 3. The van der Waals surface area contributed by atoms with Crippen LogP contribution in [-0.4, -0.2) is 26.4 Å². The lowest BCUT2D eigenvalue weighted by Crippen LogP contribution is -2.24. The average Bonchev–Trinajstić information content (AvgIpc) is 3.20. The summed E-state index contributed by atoms with van der Waals surface area (Å²) in [4.78, 5) is 12.4. The smallest absolute Gasteiger partial charge is 0.230 e. The Morgan fingerprint density at radius 2 is 1.66 bits per heavy atom. The highest BCUT2D eigenvalue weighted by molar-refractivity contribution is 7.99. The third-order valence-electron chi connectivity index (χ3n) is 4.96. The second-order valence-electron chi connectivity index (χ2n) is 7.41. The summed E-state index contributed by atoms with van der Waals surface area (Å²) in [7, 11) is 0. The van der Waals surface area contributed by atoms with Crippen molar-refractivity contribution >= 4 is 17.7 Å². The number of hydrogen-bond donors (Lipinski definition) is 1. The van der Waals surface area contributed by atoms with Gasteiger partial charge in [0.05, 0.1) is 17.9 Å². The normalized spacial score (nSPS) is 10.8. The predicted molar refractivity (Wildman–Crippen MR) is 125 cm³/mol. The summed E-state index contributed by atoms with van der Waals surface area (Å²) in [6.45, 7) is 2.97. The molecule has 0 aliphatic rings. The first-order valence-corrected chi connectivity index (χ1v) is 11.3. The number of aromatic nitrogens is 3. The van der Waals surface area contributed by atoms with Gasteiger partial charge in [0, 0.05) is 6.54 Å². The van der Waals surface area contributed by atoms with Crippen LogP contribution in [0.4, 0.5) is 4.39 Å². The van der Waals surface area contributed by atoms with Crippen LogP contribution >= 0.6 is 11.8 Å². The molecule has 0 saturated heterocycles. The molecule has 0 aliphatic heterocycles. The Balaban J connectivity index is 1.49. The van der Waals surface area contributed by atoms with E-state index in [1.165, 1.54) is 23.4 Å². The van der Waals surface area contributed by atoms with Gasteiger partial charge in [0.1, 0.15) is 5.82 Å². The number of hydrogen-bond acceptors (Lipinski definition) is 4. The number of aryl methyl sites for hydroxylation is 1. The van der Waals surface area contributed by atoms with E-state index in [-0.39, 0.29) is 17.5 Å². The molecule has 0 bridgehead atoms. The van der Waals surface area contributed by atoms with Crippen molar-refractivity contribution in [3.8, 4) is 11.4 Å². The van der Waals surface area contributed by atoms with Crippen molar-refractivity contribution in [2.75, 3.05) is 5.75 Å². The number of amides is 1. The molecule has 4 rings (SSSR count). The summed E-state index contributed by atoms with van der Waals surface area (Å²) in [5.41, 5.74) is 3.64. The zero-order valence-electron chi connectivity index (χ0n) is 17.7. The molecule has 0 aliphatic carbocycles. The Morgan fingerprint density at radius 3 is 2.41 bits per heavy atom. The van der Waals surface area contributed by atoms with Crippen LogP contribution in [0.25, 0.3) is 11.4 Å². The Morgan fingerprint density at radius 1 is 0.938 bits per heavy atom. The van der Waals surface area contributed by atoms with Crippen LogP contribution in [-0.2, 0) is 17.9 Å². The van der Waals surface area contributed by atoms with Crippen LogP contribution < -0.4 is 5.32 Å². The van der Waals surface area contributed by atoms with Crippen LogP contribution in [0.2, 0.25) is 0 Å². The fourth-order valence-electron chi connectivity index (χ4n) is 3.23. The Labute approximate surface area is 190 Å². The molecule has 4 aromatic rings. The van der Waals surface area contributed by atoms with Gasteiger partial charge in [0.2, 0.25) is 5.91 Å². The first-order chi connectivity index (χ1) is 15.6. The highest BCUT2D eigenvalue weighted by atomic mass is 32.2. The molecule has 32 heavy (non-hydrogen) atoms. The van der Waals surface area contributed by atoms with Crippen molar-refractivity contribution in [2.45, 2.75) is 25.2 Å². The third-order valence-corrected chi connectivity index (χ3v) is 5.92. The molecule has 0 radical (unpaired) electrons. The molecular formula is C25H23FN4OS. The zero-order chi connectivity index (χ0) is 22.3. The monoisotopic (exact) mass is 446 g/mol. The van der Waals surface area contributed by atoms with E-state index in [0.717, 1.165) is 11.1 Å². The molecule has 1 aromatic heterocycles. The highest BCUT2D eigenvalue weighted by Gasteiger charge is 2.18. The van der Waals surface area contributed by atoms with Gasteiger partial charge in [0.25, 0.3) is 0 Å². The SMILES string of the molecule is Cc1ccc(CNC(=O)CSc2nnc(-c3ccccc3F)n2Cc2ccccc2)cc1. The van der Waals surface area contributed by atoms with Gasteiger partial charge < -0.3 is 5.32 Å². The maximum Gasteiger partial charge on any atom is 0.230 e. The van der Waals surface area contributed by atoms with Crippen LogP contribution in [0, 0.1) is 12.7 Å². The average molecular weight is 447 g/mol. The van der Waals surface area contributed by atoms with E-state index in [2.05, 4.69) is 15.5 Å². The molecule has 3 aromatic carbocycles. The second kappa shape index (κ2) is 10.2. The van der Waals surface area contributed by atoms with Crippen molar-refractivity contribution < 1.29 is 9.18 Å². The van der Waals surface area contributed by atoms with E-state index >= 15 is 0 Å². The first-order valence-electron chi connectivity index (χ1n) is 10.3. The number of carbonyl (C=O) groups excluding carboxylic acids is 1. The fraction of sp³-hybridized carbons (Fsp3) is 0.160. The zero-order valence-corrected chi connectivity index (χ0v) is 18.5. The summed E-state index contributed by atoms with van der Waals surface area (Å²) in [5.74, 6) is 0.171. The molecule has 0 saturated carbocycles. The lowest BCUT2D eigenvalue weighted by atomic mass is 10.1. The van der Waals surface area contributed by atoms with Crippen LogP contribution in [0.15, 0.2) is 84.0 Å². The molecule has 0 unspecified atom stereocenters. The van der Waals surface area contributed by atoms with E-state index in [9.17, 15) is 9.18 Å². The molecule has 1 heterocycles. The largest absolute Gasteiger partial charge is 0.351 e. The van der Waals surface area contributed by atoms with Crippen molar-refractivity contribution in [2.24, 2.45) is 0 Å². The molecule has 162 valence electrons. The maximum atomic E-state index is 14.5. The highest BCUT2D eigenvalue weighted by Crippen LogP contribution is 2.27. The molecule has 7 heteroatoms. The second-order valence-corrected chi connectivity index (χ2v) is 8.35. The van der Waals surface area contributed by atoms with Crippen molar-refractivity contribution in [1.29, 1.82) is 0 Å². The number of nitrogens with zero attached hydrogens (tertiary/aromatic N) is 3. The summed E-state index contributed by atoms with van der Waals surface area (Å²) in [6.07, 6.45) is 0. The summed E-state index contributed by atoms with van der Waals surface area (Å²) in [6, 6.07) is 24.4. The van der Waals surface area contributed by atoms with Gasteiger partial charge in [-0.25, -0.2) is 4.39 Å². The molecule has 0 fully saturated rings. The number of thioether (sulfide) groups is 1. The minimum Gasteiger partial charge on any atom is -0.351 e. The van der Waals surface area contributed by atoms with Gasteiger partial charge in [-0.3, -0.25) is 9.36 Å². The summed E-state index contributed by atoms with van der Waals surface area (Å²) >= 11 is 1.29. The molecule has 0 atom stereocenters. The molecule has 5 nitrogen and oxygen atoms in total. The van der Waals surface area contributed by atoms with E-state index in [1.807, 2.05) is 66.1 Å². The van der Waals surface area contributed by atoms with Gasteiger partial charge >= 0.3 is 0 Å². The van der Waals surface area contributed by atoms with Crippen LogP contribution in [0.1, 0.15) is 16.7 Å². The lowest BCUT2D eigenvalue weighted by Gasteiger charge is -2.11. The van der Waals surface area contributed by atoms with Crippen molar-refractivity contribution in [3.05, 3.63) is 101 Å². The predicted octanol–water partition coefficient (Wildman–Crippen LogP) is 4.85. The minimum absolute atomic E-state index is 0.0997. The maximum absolute atomic E-state index is 14.5. The van der Waals surface area contributed by atoms with Gasteiger partial charge in [-0.2, -0.15) is 0 Å². The van der Waals surface area contributed by atoms with Crippen LogP contribution in [0.5, 0.6) is 0 Å². The summed E-state index contributed by atoms with van der Waals surface area (Å²) in [5, 5.41) is 12.0. The number of rotatable bonds is 8. The van der Waals surface area contributed by atoms with Crippen LogP contribution in [0.3, 0.4) is 0 Å². The molecule has 0 spiro atoms. The van der Waals surface area contributed by atoms with Gasteiger partial charge in [-0.05, 0) is 30.2 Å². The first kappa shape index (κ1) is 21.8. The van der Waals surface area contributed by atoms with E-state index in [4.69, 9.17) is 0 Å². The quantitative estimate of drug-likeness (QED) is 0.393. The van der Waals surface area contributed by atoms with Gasteiger partial charge in [0.15, 0.2) is 11.0 Å². The number of nitrogens with one attached hydrogen (secondary N) is 1. The molecule has 1 amide bonds. The van der Waals surface area contributed by atoms with Crippen molar-refractivity contribution in [1.82, 2.24) is 20.1 Å². The fourth-order valence-corrected chi connectivity index (χ4v) is 4.00. The van der Waals surface area contributed by atoms with E-state index < -0.39 is 0 Å². The Kier molecular flexibility index (Phi) is 6.97. The molecular weight excluding hydrogens is 423 g/mol. The van der Waals surface area contributed by atoms with Gasteiger partial charge in [-0.15, -0.1) is 10.2 Å². The lowest BCUT2D eigenvalue weighted by molar-refractivity contribution is -0.118. The van der Waals surface area contributed by atoms with Gasteiger partial charge in [-0.1, -0.05) is 84.1 Å². The van der Waals surface area contributed by atoms with Crippen molar-refractivity contribution in [3.63, 3.8) is 0 Å². The topological polar surface area (TPSA) is 59.8 Å². The summed E-state index contributed by atoms with van der Waals surface area (Å²) < 4.78 is 16.3.